The van der Waals surface area contributed by atoms with Crippen molar-refractivity contribution in [3.05, 3.63) is 28.2 Å². The van der Waals surface area contributed by atoms with Gasteiger partial charge >= 0.3 is 12.3 Å². The van der Waals surface area contributed by atoms with Crippen LogP contribution < -0.4 is 0 Å². The Labute approximate surface area is 130 Å². The lowest BCUT2D eigenvalue weighted by Crippen LogP contribution is -2.32. The van der Waals surface area contributed by atoms with Crippen LogP contribution in [-0.2, 0) is 6.54 Å². The molecule has 1 atom stereocenters. The molecule has 1 aromatic heterocycles. The Morgan fingerprint density at radius 3 is 2.52 bits per heavy atom. The lowest BCUT2D eigenvalue weighted by molar-refractivity contribution is -0.137. The van der Waals surface area contributed by atoms with Crippen molar-refractivity contribution < 1.29 is 22.0 Å². The third kappa shape index (κ3) is 3.15. The fourth-order valence-corrected chi connectivity index (χ4v) is 2.39. The van der Waals surface area contributed by atoms with Gasteiger partial charge in [0.15, 0.2) is 0 Å². The summed E-state index contributed by atoms with van der Waals surface area (Å²) in [5, 5.41) is -0.798. The molecule has 0 radical (unpaired) electrons. The van der Waals surface area contributed by atoms with E-state index in [0.29, 0.717) is 0 Å². The average molecular weight is 392 g/mol. The maximum atomic E-state index is 13.5. The Hall–Kier alpha value is -0.890. The van der Waals surface area contributed by atoms with Gasteiger partial charge in [-0.15, -0.1) is 11.6 Å². The van der Waals surface area contributed by atoms with E-state index in [0.717, 1.165) is 10.6 Å². The van der Waals surface area contributed by atoms with Gasteiger partial charge in [0, 0.05) is 6.07 Å². The highest BCUT2D eigenvalue weighted by atomic mass is 79.9. The molecule has 0 amide bonds. The van der Waals surface area contributed by atoms with Crippen molar-refractivity contribution in [1.29, 1.82) is 0 Å². The number of alkyl halides is 5. The Balaban J connectivity index is 2.64. The molecule has 0 N–H and O–H groups in total. The Morgan fingerprint density at radius 2 is 2.00 bits per heavy atom. The summed E-state index contributed by atoms with van der Waals surface area (Å²) in [4.78, 5) is 3.95. The molecule has 0 saturated carbocycles. The minimum atomic E-state index is -4.24. The number of rotatable bonds is 4. The van der Waals surface area contributed by atoms with Crippen molar-refractivity contribution in [2.45, 2.75) is 31.2 Å². The third-order valence-electron chi connectivity index (χ3n) is 2.86. The number of hydrogen-bond acceptors (Lipinski definition) is 1. The summed E-state index contributed by atoms with van der Waals surface area (Å²) in [5.41, 5.74) is 0.175. The van der Waals surface area contributed by atoms with E-state index < -0.39 is 30.1 Å². The zero-order valence-corrected chi connectivity index (χ0v) is 12.9. The molecule has 9 heteroatoms. The summed E-state index contributed by atoms with van der Waals surface area (Å²) in [6.07, 6.45) is -3.82. The number of hydrogen-bond donors (Lipinski definition) is 0. The number of aromatic nitrogens is 2. The van der Waals surface area contributed by atoms with E-state index in [-0.39, 0.29) is 21.3 Å². The van der Waals surface area contributed by atoms with Gasteiger partial charge in [-0.3, -0.25) is 0 Å². The van der Waals surface area contributed by atoms with Crippen molar-refractivity contribution in [3.8, 4) is 0 Å². The van der Waals surface area contributed by atoms with Crippen LogP contribution in [0.2, 0.25) is 0 Å². The van der Waals surface area contributed by atoms with Crippen molar-refractivity contribution in [3.63, 3.8) is 0 Å². The molecule has 0 bridgehead atoms. The average Bonchev–Trinajstić information content (AvgIpc) is 2.68. The molecular formula is C12H9BrClF5N2. The smallest absolute Gasteiger partial charge is 0.320 e. The molecule has 0 saturated heterocycles. The summed E-state index contributed by atoms with van der Waals surface area (Å²) >= 11 is 8.77. The van der Waals surface area contributed by atoms with Crippen molar-refractivity contribution in [1.82, 2.24) is 9.55 Å². The number of nitrogens with zero attached hydrogens (tertiary/aromatic N) is 2. The Bertz CT molecular complexity index is 671. The first-order chi connectivity index (χ1) is 9.63. The summed E-state index contributed by atoms with van der Waals surface area (Å²) in [6.45, 7) is 0.177. The topological polar surface area (TPSA) is 17.8 Å². The third-order valence-corrected chi connectivity index (χ3v) is 3.67. The van der Waals surface area contributed by atoms with E-state index in [4.69, 9.17) is 11.6 Å². The van der Waals surface area contributed by atoms with Crippen molar-refractivity contribution >= 4 is 38.6 Å². The largest absolute Gasteiger partial charge is 0.324 e. The summed E-state index contributed by atoms with van der Waals surface area (Å²) in [7, 11) is 0. The van der Waals surface area contributed by atoms with Gasteiger partial charge in [0.05, 0.1) is 27.4 Å². The molecule has 0 spiro atoms. The first kappa shape index (κ1) is 16.5. The minimum Gasteiger partial charge on any atom is -0.320 e. The fourth-order valence-electron chi connectivity index (χ4n) is 1.89. The van der Waals surface area contributed by atoms with Crippen LogP contribution in [0.5, 0.6) is 0 Å². The summed E-state index contributed by atoms with van der Waals surface area (Å²) in [6, 6.07) is 2.24. The first-order valence-electron chi connectivity index (χ1n) is 5.78. The molecule has 21 heavy (non-hydrogen) atoms. The van der Waals surface area contributed by atoms with E-state index in [1.165, 1.54) is 13.0 Å². The standard InChI is InChI=1S/C12H9BrClF5N2/c1-5(14)10-20-8-3-7(15)6(13)2-9(8)21(10)4-12(18,19)11(16)17/h2-3,5,11H,4H2,1H3. The monoisotopic (exact) mass is 390 g/mol. The van der Waals surface area contributed by atoms with Crippen molar-refractivity contribution in [2.24, 2.45) is 0 Å². The van der Waals surface area contributed by atoms with E-state index in [9.17, 15) is 22.0 Å². The Morgan fingerprint density at radius 1 is 1.38 bits per heavy atom. The van der Waals surface area contributed by atoms with Crippen molar-refractivity contribution in [2.75, 3.05) is 0 Å². The van der Waals surface area contributed by atoms with Gasteiger partial charge in [0.25, 0.3) is 0 Å². The van der Waals surface area contributed by atoms with Crippen LogP contribution in [0.3, 0.4) is 0 Å². The highest BCUT2D eigenvalue weighted by molar-refractivity contribution is 9.10. The molecule has 1 aromatic carbocycles. The zero-order chi connectivity index (χ0) is 15.9. The Kier molecular flexibility index (Phi) is 4.49. The quantitative estimate of drug-likeness (QED) is 0.521. The second kappa shape index (κ2) is 5.72. The lowest BCUT2D eigenvalue weighted by Gasteiger charge is -2.18. The van der Waals surface area contributed by atoms with Gasteiger partial charge in [-0.1, -0.05) is 0 Å². The van der Waals surface area contributed by atoms with Crippen LogP contribution in [0.15, 0.2) is 16.6 Å². The maximum absolute atomic E-state index is 13.5. The predicted molar refractivity (Wildman–Crippen MR) is 72.6 cm³/mol. The number of halogens is 7. The van der Waals surface area contributed by atoms with Gasteiger partial charge in [-0.05, 0) is 28.9 Å². The fraction of sp³-hybridized carbons (Fsp3) is 0.417. The molecule has 2 nitrogen and oxygen atoms in total. The molecular weight excluding hydrogens is 382 g/mol. The second-order valence-electron chi connectivity index (χ2n) is 4.49. The highest BCUT2D eigenvalue weighted by Gasteiger charge is 2.42. The van der Waals surface area contributed by atoms with Gasteiger partial charge in [0.2, 0.25) is 0 Å². The molecule has 0 aliphatic carbocycles. The van der Waals surface area contributed by atoms with Crippen LogP contribution in [0.4, 0.5) is 22.0 Å². The second-order valence-corrected chi connectivity index (χ2v) is 6.00. The van der Waals surface area contributed by atoms with Gasteiger partial charge in [-0.25, -0.2) is 18.2 Å². The lowest BCUT2D eigenvalue weighted by atomic mass is 10.3. The normalized spacial score (nSPS) is 14.1. The van der Waals surface area contributed by atoms with Crippen LogP contribution in [0, 0.1) is 5.82 Å². The molecule has 0 aliphatic rings. The summed E-state index contributed by atoms with van der Waals surface area (Å²) < 4.78 is 65.8. The van der Waals surface area contributed by atoms with Crippen LogP contribution >= 0.6 is 27.5 Å². The van der Waals surface area contributed by atoms with Crippen LogP contribution in [-0.4, -0.2) is 21.9 Å². The van der Waals surface area contributed by atoms with E-state index in [1.54, 1.807) is 0 Å². The molecule has 1 unspecified atom stereocenters. The minimum absolute atomic E-state index is 0.0188. The first-order valence-corrected chi connectivity index (χ1v) is 7.01. The maximum Gasteiger partial charge on any atom is 0.324 e. The molecule has 0 fully saturated rings. The highest BCUT2D eigenvalue weighted by Crippen LogP contribution is 2.32. The van der Waals surface area contributed by atoms with Gasteiger partial charge < -0.3 is 4.57 Å². The predicted octanol–water partition coefficient (Wildman–Crippen LogP) is 5.14. The number of benzene rings is 1. The SMILES string of the molecule is CC(Cl)c1nc2cc(F)c(Br)cc2n1CC(F)(F)C(F)F. The molecule has 2 rings (SSSR count). The summed E-state index contributed by atoms with van der Waals surface area (Å²) in [5.74, 6) is -4.90. The number of imidazole rings is 1. The zero-order valence-electron chi connectivity index (χ0n) is 10.6. The van der Waals surface area contributed by atoms with E-state index >= 15 is 0 Å². The van der Waals surface area contributed by atoms with Gasteiger partial charge in [-0.2, -0.15) is 8.78 Å². The van der Waals surface area contributed by atoms with E-state index in [1.807, 2.05) is 0 Å². The van der Waals surface area contributed by atoms with Crippen LogP contribution in [0.25, 0.3) is 11.0 Å². The van der Waals surface area contributed by atoms with Crippen LogP contribution in [0.1, 0.15) is 18.1 Å². The molecule has 0 aliphatic heterocycles. The molecule has 116 valence electrons. The van der Waals surface area contributed by atoms with Gasteiger partial charge in [0.1, 0.15) is 11.6 Å². The number of fused-ring (bicyclic) bond motifs is 1. The van der Waals surface area contributed by atoms with E-state index in [2.05, 4.69) is 20.9 Å². The molecule has 2 aromatic rings. The molecule has 1 heterocycles.